The predicted molar refractivity (Wildman–Crippen MR) is 48.2 cm³/mol. The molecule has 1 saturated heterocycles. The van der Waals surface area contributed by atoms with E-state index >= 15 is 0 Å². The number of amidine groups is 1. The summed E-state index contributed by atoms with van der Waals surface area (Å²) in [7, 11) is 0. The average molecular weight is 171 g/mol. The van der Waals surface area contributed by atoms with Crippen LogP contribution in [-0.2, 0) is 0 Å². The van der Waals surface area contributed by atoms with E-state index in [0.717, 1.165) is 19.0 Å². The van der Waals surface area contributed by atoms with E-state index < -0.39 is 0 Å². The number of oxime groups is 1. The highest BCUT2D eigenvalue weighted by atomic mass is 16.4. The Morgan fingerprint density at radius 2 is 2.42 bits per heavy atom. The molecule has 0 aromatic rings. The van der Waals surface area contributed by atoms with Gasteiger partial charge in [0.2, 0.25) is 0 Å². The molecule has 4 nitrogen and oxygen atoms in total. The molecule has 1 aliphatic heterocycles. The highest BCUT2D eigenvalue weighted by molar-refractivity contribution is 5.84. The standard InChI is InChI=1S/C8H17N3O/c1-6-3-4-11(5-6)7(2)8(9)10-12/h6-7,12H,3-5H2,1-2H3,(H2,9,10). The van der Waals surface area contributed by atoms with Gasteiger partial charge in [0.1, 0.15) is 0 Å². The van der Waals surface area contributed by atoms with Crippen LogP contribution in [0.25, 0.3) is 0 Å². The van der Waals surface area contributed by atoms with Gasteiger partial charge in [-0.25, -0.2) is 0 Å². The van der Waals surface area contributed by atoms with Crippen molar-refractivity contribution in [2.45, 2.75) is 26.3 Å². The summed E-state index contributed by atoms with van der Waals surface area (Å²) < 4.78 is 0. The van der Waals surface area contributed by atoms with Gasteiger partial charge in [0.15, 0.2) is 5.84 Å². The van der Waals surface area contributed by atoms with Crippen LogP contribution in [0.1, 0.15) is 20.3 Å². The second-order valence-corrected chi connectivity index (χ2v) is 3.59. The molecule has 1 rings (SSSR count). The lowest BCUT2D eigenvalue weighted by molar-refractivity contribution is 0.280. The van der Waals surface area contributed by atoms with Crippen molar-refractivity contribution in [1.29, 1.82) is 0 Å². The first kappa shape index (κ1) is 9.32. The molecule has 70 valence electrons. The summed E-state index contributed by atoms with van der Waals surface area (Å²) in [4.78, 5) is 2.24. The van der Waals surface area contributed by atoms with Crippen molar-refractivity contribution in [3.8, 4) is 0 Å². The fourth-order valence-electron chi connectivity index (χ4n) is 1.59. The molecule has 0 aromatic carbocycles. The van der Waals surface area contributed by atoms with E-state index in [2.05, 4.69) is 17.0 Å². The van der Waals surface area contributed by atoms with Gasteiger partial charge in [-0.1, -0.05) is 12.1 Å². The van der Waals surface area contributed by atoms with E-state index in [9.17, 15) is 0 Å². The number of hydrogen-bond donors (Lipinski definition) is 2. The topological polar surface area (TPSA) is 61.8 Å². The lowest BCUT2D eigenvalue weighted by atomic mass is 10.2. The molecule has 1 heterocycles. The van der Waals surface area contributed by atoms with Gasteiger partial charge >= 0.3 is 0 Å². The third kappa shape index (κ3) is 1.88. The SMILES string of the molecule is CC1CCN(C(C)/C(N)=N/O)C1. The van der Waals surface area contributed by atoms with Gasteiger partial charge in [-0.15, -0.1) is 0 Å². The summed E-state index contributed by atoms with van der Waals surface area (Å²) in [5.41, 5.74) is 5.50. The predicted octanol–water partition coefficient (Wildman–Crippen LogP) is 0.463. The van der Waals surface area contributed by atoms with Crippen LogP contribution >= 0.6 is 0 Å². The maximum atomic E-state index is 8.47. The Balaban J connectivity index is 2.48. The van der Waals surface area contributed by atoms with Gasteiger partial charge in [0.05, 0.1) is 6.04 Å². The van der Waals surface area contributed by atoms with Crippen LogP contribution in [0.5, 0.6) is 0 Å². The van der Waals surface area contributed by atoms with E-state index in [1.165, 1.54) is 6.42 Å². The summed E-state index contributed by atoms with van der Waals surface area (Å²) in [6, 6.07) is 0.0694. The maximum absolute atomic E-state index is 8.47. The van der Waals surface area contributed by atoms with Crippen LogP contribution in [0.2, 0.25) is 0 Å². The molecule has 2 unspecified atom stereocenters. The zero-order chi connectivity index (χ0) is 9.14. The number of nitrogens with two attached hydrogens (primary N) is 1. The van der Waals surface area contributed by atoms with E-state index in [1.807, 2.05) is 6.92 Å². The smallest absolute Gasteiger partial charge is 0.156 e. The molecule has 0 radical (unpaired) electrons. The molecule has 4 heteroatoms. The van der Waals surface area contributed by atoms with Crippen LogP contribution < -0.4 is 5.73 Å². The molecule has 1 fully saturated rings. The molecule has 0 saturated carbocycles. The van der Waals surface area contributed by atoms with Gasteiger partial charge in [0, 0.05) is 6.54 Å². The molecule has 0 amide bonds. The van der Waals surface area contributed by atoms with Crippen LogP contribution in [0.4, 0.5) is 0 Å². The first-order valence-electron chi connectivity index (χ1n) is 4.36. The first-order valence-corrected chi connectivity index (χ1v) is 4.36. The largest absolute Gasteiger partial charge is 0.409 e. The number of likely N-dealkylation sites (tertiary alicyclic amines) is 1. The monoisotopic (exact) mass is 171 g/mol. The summed E-state index contributed by atoms with van der Waals surface area (Å²) in [5.74, 6) is 1.04. The fraction of sp³-hybridized carbons (Fsp3) is 0.875. The maximum Gasteiger partial charge on any atom is 0.156 e. The number of nitrogens with zero attached hydrogens (tertiary/aromatic N) is 2. The van der Waals surface area contributed by atoms with Crippen molar-refractivity contribution in [3.63, 3.8) is 0 Å². The second-order valence-electron chi connectivity index (χ2n) is 3.59. The summed E-state index contributed by atoms with van der Waals surface area (Å²) in [6.45, 7) is 6.29. The summed E-state index contributed by atoms with van der Waals surface area (Å²) in [5, 5.41) is 11.5. The Kier molecular flexibility index (Phi) is 2.92. The average Bonchev–Trinajstić information content (AvgIpc) is 2.49. The third-order valence-electron chi connectivity index (χ3n) is 2.55. The van der Waals surface area contributed by atoms with Gasteiger partial charge < -0.3 is 10.9 Å². The van der Waals surface area contributed by atoms with E-state index in [0.29, 0.717) is 5.84 Å². The minimum atomic E-state index is 0.0694. The van der Waals surface area contributed by atoms with Crippen molar-refractivity contribution in [1.82, 2.24) is 4.90 Å². The van der Waals surface area contributed by atoms with Gasteiger partial charge in [0.25, 0.3) is 0 Å². The van der Waals surface area contributed by atoms with E-state index in [4.69, 9.17) is 10.9 Å². The van der Waals surface area contributed by atoms with E-state index in [-0.39, 0.29) is 6.04 Å². The van der Waals surface area contributed by atoms with Gasteiger partial charge in [-0.3, -0.25) is 4.90 Å². The molecule has 0 aromatic heterocycles. The van der Waals surface area contributed by atoms with Gasteiger partial charge in [-0.05, 0) is 25.8 Å². The molecule has 12 heavy (non-hydrogen) atoms. The third-order valence-corrected chi connectivity index (χ3v) is 2.55. The molecule has 0 spiro atoms. The first-order chi connectivity index (χ1) is 5.65. The van der Waals surface area contributed by atoms with Gasteiger partial charge in [-0.2, -0.15) is 0 Å². The minimum absolute atomic E-state index is 0.0694. The molecule has 1 aliphatic rings. The molecule has 3 N–H and O–H groups in total. The van der Waals surface area contributed by atoms with Crippen LogP contribution in [0.3, 0.4) is 0 Å². The summed E-state index contributed by atoms with van der Waals surface area (Å²) in [6.07, 6.45) is 1.21. The molecular weight excluding hydrogens is 154 g/mol. The highest BCUT2D eigenvalue weighted by Gasteiger charge is 2.25. The lowest BCUT2D eigenvalue weighted by Crippen LogP contribution is -2.41. The molecule has 2 atom stereocenters. The normalized spacial score (nSPS) is 29.2. The Bertz CT molecular complexity index is 181. The van der Waals surface area contributed by atoms with Crippen molar-refractivity contribution in [3.05, 3.63) is 0 Å². The number of rotatable bonds is 2. The van der Waals surface area contributed by atoms with Crippen LogP contribution in [0, 0.1) is 5.92 Å². The van der Waals surface area contributed by atoms with Crippen molar-refractivity contribution >= 4 is 5.84 Å². The molecular formula is C8H17N3O. The number of hydrogen-bond acceptors (Lipinski definition) is 3. The van der Waals surface area contributed by atoms with Crippen molar-refractivity contribution in [2.75, 3.05) is 13.1 Å². The molecule has 0 aliphatic carbocycles. The lowest BCUT2D eigenvalue weighted by Gasteiger charge is -2.22. The van der Waals surface area contributed by atoms with Crippen LogP contribution in [-0.4, -0.2) is 35.1 Å². The Morgan fingerprint density at radius 1 is 1.75 bits per heavy atom. The minimum Gasteiger partial charge on any atom is -0.409 e. The molecule has 0 bridgehead atoms. The zero-order valence-corrected chi connectivity index (χ0v) is 7.70. The summed E-state index contributed by atoms with van der Waals surface area (Å²) >= 11 is 0. The zero-order valence-electron chi connectivity index (χ0n) is 7.70. The Labute approximate surface area is 73.0 Å². The van der Waals surface area contributed by atoms with E-state index in [1.54, 1.807) is 0 Å². The van der Waals surface area contributed by atoms with Crippen LogP contribution in [0.15, 0.2) is 5.16 Å². The quantitative estimate of drug-likeness (QED) is 0.275. The Morgan fingerprint density at radius 3 is 2.83 bits per heavy atom. The van der Waals surface area contributed by atoms with Crippen molar-refractivity contribution in [2.24, 2.45) is 16.8 Å². The second kappa shape index (κ2) is 3.76. The fourth-order valence-corrected chi connectivity index (χ4v) is 1.59. The van der Waals surface area contributed by atoms with Crippen molar-refractivity contribution < 1.29 is 5.21 Å². The Hall–Kier alpha value is -0.770. The highest BCUT2D eigenvalue weighted by Crippen LogP contribution is 2.17.